The van der Waals surface area contributed by atoms with Crippen LogP contribution in [0.3, 0.4) is 0 Å². The van der Waals surface area contributed by atoms with Crippen molar-refractivity contribution in [3.63, 3.8) is 0 Å². The first-order valence-corrected chi connectivity index (χ1v) is 8.24. The van der Waals surface area contributed by atoms with Crippen LogP contribution in [0.5, 0.6) is 0 Å². The zero-order valence-electron chi connectivity index (χ0n) is 15.0. The lowest BCUT2D eigenvalue weighted by atomic mass is 10.1. The molecule has 0 radical (unpaired) electrons. The third-order valence-electron chi connectivity index (χ3n) is 3.73. The van der Waals surface area contributed by atoms with Gasteiger partial charge in [-0.2, -0.15) is 0 Å². The number of carbonyl (C=O) groups is 2. The summed E-state index contributed by atoms with van der Waals surface area (Å²) in [5.74, 6) is 0.0469. The van der Waals surface area contributed by atoms with Crippen molar-refractivity contribution in [1.82, 2.24) is 10.2 Å². The molecule has 1 aromatic rings. The summed E-state index contributed by atoms with van der Waals surface area (Å²) in [5, 5.41) is 2.87. The fraction of sp³-hybridized carbons (Fsp3) is 0.556. The number of hydrogen-bond donors (Lipinski definition) is 2. The molecular formula is C18H30N3O2+. The molecular weight excluding hydrogens is 290 g/mol. The molecule has 5 heteroatoms. The predicted octanol–water partition coefficient (Wildman–Crippen LogP) is 0.383. The average molecular weight is 320 g/mol. The summed E-state index contributed by atoms with van der Waals surface area (Å²) in [7, 11) is 1.81. The van der Waals surface area contributed by atoms with Gasteiger partial charge >= 0.3 is 0 Å². The Hall–Kier alpha value is -1.88. The van der Waals surface area contributed by atoms with E-state index in [2.05, 4.69) is 5.32 Å². The van der Waals surface area contributed by atoms with Crippen molar-refractivity contribution < 1.29 is 14.5 Å². The van der Waals surface area contributed by atoms with Crippen molar-refractivity contribution >= 4 is 11.8 Å². The van der Waals surface area contributed by atoms with Gasteiger partial charge in [0.1, 0.15) is 0 Å². The van der Waals surface area contributed by atoms with Gasteiger partial charge in [-0.3, -0.25) is 9.59 Å². The highest BCUT2D eigenvalue weighted by molar-refractivity contribution is 5.79. The molecule has 0 saturated heterocycles. The Kier molecular flexibility index (Phi) is 7.75. The quantitative estimate of drug-likeness (QED) is 0.728. The Morgan fingerprint density at radius 3 is 2.30 bits per heavy atom. The van der Waals surface area contributed by atoms with Gasteiger partial charge in [-0.25, -0.2) is 0 Å². The molecule has 5 nitrogen and oxygen atoms in total. The summed E-state index contributed by atoms with van der Waals surface area (Å²) in [6.45, 7) is 9.91. The molecule has 0 saturated carbocycles. The standard InChI is InChI=1S/C18H29N3O2/c1-6-21(12-17(22)19-14(2)3)13-18(23)20(5)11-16-9-7-15(4)8-10-16/h7-10,14H,6,11-13H2,1-5H3,(H,19,22)/p+1. The number of aryl methyl sites for hydroxylation is 1. The highest BCUT2D eigenvalue weighted by atomic mass is 16.2. The van der Waals surface area contributed by atoms with Gasteiger partial charge in [0, 0.05) is 19.6 Å². The van der Waals surface area contributed by atoms with E-state index < -0.39 is 0 Å². The Morgan fingerprint density at radius 2 is 1.78 bits per heavy atom. The second-order valence-electron chi connectivity index (χ2n) is 6.41. The summed E-state index contributed by atoms with van der Waals surface area (Å²) in [6.07, 6.45) is 0. The van der Waals surface area contributed by atoms with E-state index in [1.807, 2.05) is 59.0 Å². The number of hydrogen-bond acceptors (Lipinski definition) is 2. The first-order valence-electron chi connectivity index (χ1n) is 8.24. The molecule has 2 N–H and O–H groups in total. The van der Waals surface area contributed by atoms with Crippen LogP contribution < -0.4 is 10.2 Å². The molecule has 0 aliphatic heterocycles. The maximum absolute atomic E-state index is 12.4. The third-order valence-corrected chi connectivity index (χ3v) is 3.73. The van der Waals surface area contributed by atoms with Crippen molar-refractivity contribution in [2.45, 2.75) is 40.3 Å². The molecule has 0 fully saturated rings. The Bertz CT molecular complexity index is 512. The van der Waals surface area contributed by atoms with E-state index in [9.17, 15) is 9.59 Å². The molecule has 0 aliphatic carbocycles. The average Bonchev–Trinajstić information content (AvgIpc) is 2.47. The number of quaternary nitrogens is 1. The lowest BCUT2D eigenvalue weighted by Crippen LogP contribution is -3.14. The van der Waals surface area contributed by atoms with Crippen LogP contribution in [0.2, 0.25) is 0 Å². The van der Waals surface area contributed by atoms with Gasteiger partial charge in [0.05, 0.1) is 6.54 Å². The van der Waals surface area contributed by atoms with Crippen molar-refractivity contribution in [2.75, 3.05) is 26.7 Å². The van der Waals surface area contributed by atoms with E-state index >= 15 is 0 Å². The van der Waals surface area contributed by atoms with Crippen LogP contribution in [0.4, 0.5) is 0 Å². The third kappa shape index (κ3) is 7.28. The van der Waals surface area contributed by atoms with E-state index in [4.69, 9.17) is 0 Å². The van der Waals surface area contributed by atoms with E-state index in [1.54, 1.807) is 4.90 Å². The lowest BCUT2D eigenvalue weighted by molar-refractivity contribution is -0.882. The number of nitrogens with one attached hydrogen (secondary N) is 2. The van der Waals surface area contributed by atoms with Gasteiger partial charge < -0.3 is 15.1 Å². The minimum atomic E-state index is -0.00848. The number of carbonyl (C=O) groups excluding carboxylic acids is 2. The van der Waals surface area contributed by atoms with Gasteiger partial charge in [0.25, 0.3) is 11.8 Å². The summed E-state index contributed by atoms with van der Waals surface area (Å²) < 4.78 is 0. The number of likely N-dealkylation sites (N-methyl/N-ethyl adjacent to an activating group) is 2. The van der Waals surface area contributed by atoms with Crippen LogP contribution in [0.1, 0.15) is 31.9 Å². The van der Waals surface area contributed by atoms with Crippen LogP contribution in [0.25, 0.3) is 0 Å². The molecule has 0 aromatic heterocycles. The van der Waals surface area contributed by atoms with E-state index in [0.29, 0.717) is 19.6 Å². The van der Waals surface area contributed by atoms with Crippen molar-refractivity contribution in [1.29, 1.82) is 0 Å². The molecule has 1 atom stereocenters. The lowest BCUT2D eigenvalue weighted by Gasteiger charge is -2.22. The Labute approximate surface area is 139 Å². The normalized spacial score (nSPS) is 12.1. The van der Waals surface area contributed by atoms with Gasteiger partial charge in [-0.15, -0.1) is 0 Å². The number of rotatable bonds is 8. The Balaban J connectivity index is 2.51. The second-order valence-corrected chi connectivity index (χ2v) is 6.41. The smallest absolute Gasteiger partial charge is 0.277 e. The highest BCUT2D eigenvalue weighted by Crippen LogP contribution is 2.05. The fourth-order valence-corrected chi connectivity index (χ4v) is 2.32. The number of nitrogens with zero attached hydrogens (tertiary/aromatic N) is 1. The summed E-state index contributed by atoms with van der Waals surface area (Å²) in [4.78, 5) is 26.9. The Morgan fingerprint density at radius 1 is 1.17 bits per heavy atom. The maximum Gasteiger partial charge on any atom is 0.277 e. The zero-order valence-corrected chi connectivity index (χ0v) is 15.0. The summed E-state index contributed by atoms with van der Waals surface area (Å²) >= 11 is 0. The minimum absolute atomic E-state index is 0.00848. The SMILES string of the molecule is CC[NH+](CC(=O)NC(C)C)CC(=O)N(C)Cc1ccc(C)cc1. The molecule has 23 heavy (non-hydrogen) atoms. The zero-order chi connectivity index (χ0) is 17.4. The van der Waals surface area contributed by atoms with Gasteiger partial charge in [-0.1, -0.05) is 29.8 Å². The van der Waals surface area contributed by atoms with Crippen LogP contribution >= 0.6 is 0 Å². The van der Waals surface area contributed by atoms with Crippen molar-refractivity contribution in [3.05, 3.63) is 35.4 Å². The van der Waals surface area contributed by atoms with Crippen LogP contribution in [-0.4, -0.2) is 49.4 Å². The maximum atomic E-state index is 12.4. The first kappa shape index (κ1) is 19.2. The molecule has 2 amide bonds. The van der Waals surface area contributed by atoms with E-state index in [-0.39, 0.29) is 17.9 Å². The first-order chi connectivity index (χ1) is 10.8. The monoisotopic (exact) mass is 320 g/mol. The van der Waals surface area contributed by atoms with Crippen molar-refractivity contribution in [3.8, 4) is 0 Å². The summed E-state index contributed by atoms with van der Waals surface area (Å²) in [6, 6.07) is 8.31. The van der Waals surface area contributed by atoms with Gasteiger partial charge in [0.2, 0.25) is 0 Å². The fourth-order valence-electron chi connectivity index (χ4n) is 2.32. The number of amides is 2. The predicted molar refractivity (Wildman–Crippen MR) is 92.2 cm³/mol. The molecule has 0 spiro atoms. The van der Waals surface area contributed by atoms with Gasteiger partial charge in [-0.05, 0) is 33.3 Å². The van der Waals surface area contributed by atoms with E-state index in [0.717, 1.165) is 17.0 Å². The summed E-state index contributed by atoms with van der Waals surface area (Å²) in [5.41, 5.74) is 2.32. The second kappa shape index (κ2) is 9.30. The molecule has 0 bridgehead atoms. The molecule has 0 aliphatic rings. The molecule has 1 unspecified atom stereocenters. The molecule has 128 valence electrons. The van der Waals surface area contributed by atoms with Crippen LogP contribution in [-0.2, 0) is 16.1 Å². The highest BCUT2D eigenvalue weighted by Gasteiger charge is 2.19. The molecule has 0 heterocycles. The number of benzene rings is 1. The van der Waals surface area contributed by atoms with Crippen LogP contribution in [0, 0.1) is 6.92 Å². The van der Waals surface area contributed by atoms with Crippen molar-refractivity contribution in [2.24, 2.45) is 0 Å². The molecule has 1 aromatic carbocycles. The van der Waals surface area contributed by atoms with Gasteiger partial charge in [0.15, 0.2) is 13.1 Å². The molecule has 1 rings (SSSR count). The van der Waals surface area contributed by atoms with E-state index in [1.165, 1.54) is 5.56 Å². The minimum Gasteiger partial charge on any atom is -0.349 e. The topological polar surface area (TPSA) is 53.9 Å². The van der Waals surface area contributed by atoms with Crippen LogP contribution in [0.15, 0.2) is 24.3 Å². The largest absolute Gasteiger partial charge is 0.349 e.